The smallest absolute Gasteiger partial charge is 0.101 e. The summed E-state index contributed by atoms with van der Waals surface area (Å²) in [5.74, 6) is 0. The highest BCUT2D eigenvalue weighted by Crippen LogP contribution is 2.15. The average Bonchev–Trinajstić information content (AvgIpc) is 2.16. The summed E-state index contributed by atoms with van der Waals surface area (Å²) >= 11 is 3.25. The second-order valence-corrected chi connectivity index (χ2v) is 2.76. The van der Waals surface area contributed by atoms with E-state index in [1.807, 2.05) is 18.2 Å². The number of halogens is 1. The summed E-state index contributed by atoms with van der Waals surface area (Å²) in [4.78, 5) is 0. The molecule has 1 aromatic rings. The fourth-order valence-corrected chi connectivity index (χ4v) is 1.40. The quantitative estimate of drug-likeness (QED) is 0.683. The summed E-state index contributed by atoms with van der Waals surface area (Å²) in [5, 5.41) is 18.0. The molecule has 0 fully saturated rings. The van der Waals surface area contributed by atoms with Gasteiger partial charge in [0.05, 0.1) is 11.1 Å². The molecule has 0 amide bonds. The minimum absolute atomic E-state index is 0.439. The van der Waals surface area contributed by atoms with Crippen molar-refractivity contribution in [2.24, 2.45) is 0 Å². The standard InChI is InChI=1S/C9H5BrN2/c10-4-7-2-1-3-8(5-11)9(7)6-12/h1-3H,4H2. The maximum absolute atomic E-state index is 8.74. The molecule has 58 valence electrons. The Hall–Kier alpha value is -1.32. The maximum atomic E-state index is 8.74. The second kappa shape index (κ2) is 3.90. The molecule has 0 spiro atoms. The number of alkyl halides is 1. The molecule has 0 N–H and O–H groups in total. The zero-order valence-corrected chi connectivity index (χ0v) is 7.80. The molecule has 0 heterocycles. The number of nitriles is 2. The normalized spacial score (nSPS) is 8.58. The second-order valence-electron chi connectivity index (χ2n) is 2.20. The molecule has 0 saturated carbocycles. The van der Waals surface area contributed by atoms with E-state index >= 15 is 0 Å². The van der Waals surface area contributed by atoms with Crippen molar-refractivity contribution in [3.63, 3.8) is 0 Å². The van der Waals surface area contributed by atoms with Gasteiger partial charge in [-0.05, 0) is 11.6 Å². The molecule has 0 unspecified atom stereocenters. The van der Waals surface area contributed by atoms with Crippen LogP contribution in [0.25, 0.3) is 0 Å². The topological polar surface area (TPSA) is 47.6 Å². The number of benzene rings is 1. The van der Waals surface area contributed by atoms with Crippen molar-refractivity contribution in [2.75, 3.05) is 0 Å². The zero-order valence-electron chi connectivity index (χ0n) is 6.21. The van der Waals surface area contributed by atoms with E-state index in [1.165, 1.54) is 0 Å². The number of nitrogens with zero attached hydrogens (tertiary/aromatic N) is 2. The van der Waals surface area contributed by atoms with Crippen LogP contribution in [0.15, 0.2) is 18.2 Å². The Kier molecular flexibility index (Phi) is 2.85. The van der Waals surface area contributed by atoms with Crippen molar-refractivity contribution < 1.29 is 0 Å². The zero-order chi connectivity index (χ0) is 8.97. The molecule has 1 rings (SSSR count). The van der Waals surface area contributed by atoms with Crippen LogP contribution in [-0.4, -0.2) is 0 Å². The van der Waals surface area contributed by atoms with Gasteiger partial charge in [-0.15, -0.1) is 0 Å². The van der Waals surface area contributed by atoms with Crippen LogP contribution in [0.5, 0.6) is 0 Å². The predicted octanol–water partition coefficient (Wildman–Crippen LogP) is 2.32. The van der Waals surface area contributed by atoms with Crippen LogP contribution in [0.2, 0.25) is 0 Å². The highest BCUT2D eigenvalue weighted by molar-refractivity contribution is 9.08. The molecule has 12 heavy (non-hydrogen) atoms. The van der Waals surface area contributed by atoms with Gasteiger partial charge in [-0.1, -0.05) is 28.1 Å². The summed E-state index contributed by atoms with van der Waals surface area (Å²) < 4.78 is 0. The largest absolute Gasteiger partial charge is 0.192 e. The van der Waals surface area contributed by atoms with Gasteiger partial charge >= 0.3 is 0 Å². The third kappa shape index (κ3) is 1.47. The van der Waals surface area contributed by atoms with Gasteiger partial charge in [0.2, 0.25) is 0 Å². The van der Waals surface area contributed by atoms with Gasteiger partial charge in [-0.2, -0.15) is 10.5 Å². The average molecular weight is 221 g/mol. The molecule has 0 aliphatic rings. The van der Waals surface area contributed by atoms with Gasteiger partial charge in [0.15, 0.2) is 0 Å². The Bertz CT molecular complexity index is 371. The van der Waals surface area contributed by atoms with Gasteiger partial charge in [-0.3, -0.25) is 0 Å². The minimum atomic E-state index is 0.439. The summed E-state index contributed by atoms with van der Waals surface area (Å²) in [5.41, 5.74) is 1.77. The van der Waals surface area contributed by atoms with Crippen LogP contribution in [-0.2, 0) is 5.33 Å². The summed E-state index contributed by atoms with van der Waals surface area (Å²) in [6.07, 6.45) is 0. The molecule has 3 heteroatoms. The molecule has 1 aromatic carbocycles. The monoisotopic (exact) mass is 220 g/mol. The maximum Gasteiger partial charge on any atom is 0.101 e. The molecular formula is C9H5BrN2. The van der Waals surface area contributed by atoms with Crippen molar-refractivity contribution in [3.05, 3.63) is 34.9 Å². The van der Waals surface area contributed by atoms with E-state index in [-0.39, 0.29) is 0 Å². The SMILES string of the molecule is N#Cc1cccc(CBr)c1C#N. The fourth-order valence-electron chi connectivity index (χ4n) is 0.937. The van der Waals surface area contributed by atoms with Gasteiger partial charge in [0, 0.05) is 5.33 Å². The van der Waals surface area contributed by atoms with E-state index in [9.17, 15) is 0 Å². The van der Waals surface area contributed by atoms with E-state index < -0.39 is 0 Å². The molecule has 0 radical (unpaired) electrons. The first-order valence-electron chi connectivity index (χ1n) is 3.31. The highest BCUT2D eigenvalue weighted by atomic mass is 79.9. The Labute approximate surface area is 79.2 Å². The van der Waals surface area contributed by atoms with Crippen LogP contribution < -0.4 is 0 Å². The van der Waals surface area contributed by atoms with E-state index in [0.29, 0.717) is 16.5 Å². The lowest BCUT2D eigenvalue weighted by Gasteiger charge is -1.99. The van der Waals surface area contributed by atoms with Crippen molar-refractivity contribution in [1.82, 2.24) is 0 Å². The molecule has 0 atom stereocenters. The Morgan fingerprint density at radius 3 is 2.50 bits per heavy atom. The van der Waals surface area contributed by atoms with Crippen LogP contribution >= 0.6 is 15.9 Å². The number of hydrogen-bond donors (Lipinski definition) is 0. The third-order valence-corrected chi connectivity index (χ3v) is 2.13. The minimum Gasteiger partial charge on any atom is -0.192 e. The lowest BCUT2D eigenvalue weighted by Crippen LogP contribution is -1.89. The van der Waals surface area contributed by atoms with Gasteiger partial charge in [0.25, 0.3) is 0 Å². The van der Waals surface area contributed by atoms with Gasteiger partial charge in [-0.25, -0.2) is 0 Å². The fraction of sp³-hybridized carbons (Fsp3) is 0.111. The van der Waals surface area contributed by atoms with Crippen molar-refractivity contribution in [2.45, 2.75) is 5.33 Å². The summed E-state index contributed by atoms with van der Waals surface area (Å²) in [6, 6.07) is 9.24. The van der Waals surface area contributed by atoms with Crippen molar-refractivity contribution in [1.29, 1.82) is 10.5 Å². The van der Waals surface area contributed by atoms with Gasteiger partial charge in [0.1, 0.15) is 12.1 Å². The van der Waals surface area contributed by atoms with E-state index in [2.05, 4.69) is 15.9 Å². The highest BCUT2D eigenvalue weighted by Gasteiger charge is 2.04. The predicted molar refractivity (Wildman–Crippen MR) is 48.5 cm³/mol. The van der Waals surface area contributed by atoms with Crippen molar-refractivity contribution in [3.8, 4) is 12.1 Å². The van der Waals surface area contributed by atoms with Crippen molar-refractivity contribution >= 4 is 15.9 Å². The molecule has 0 aliphatic carbocycles. The lowest BCUT2D eigenvalue weighted by molar-refractivity contribution is 1.34. The van der Waals surface area contributed by atoms with Crippen LogP contribution in [0.4, 0.5) is 0 Å². The molecule has 0 bridgehead atoms. The summed E-state index contributed by atoms with van der Waals surface area (Å²) in [6.45, 7) is 0. The van der Waals surface area contributed by atoms with E-state index in [0.717, 1.165) is 5.56 Å². The summed E-state index contributed by atoms with van der Waals surface area (Å²) in [7, 11) is 0. The third-order valence-electron chi connectivity index (χ3n) is 1.53. The van der Waals surface area contributed by atoms with Crippen LogP contribution in [0.3, 0.4) is 0 Å². The molecule has 0 saturated heterocycles. The Morgan fingerprint density at radius 2 is 2.00 bits per heavy atom. The first kappa shape index (κ1) is 8.77. The first-order valence-corrected chi connectivity index (χ1v) is 4.43. The number of hydrogen-bond acceptors (Lipinski definition) is 2. The Morgan fingerprint density at radius 1 is 1.25 bits per heavy atom. The molecule has 0 aromatic heterocycles. The molecular weight excluding hydrogens is 216 g/mol. The molecule has 0 aliphatic heterocycles. The van der Waals surface area contributed by atoms with Crippen LogP contribution in [0.1, 0.15) is 16.7 Å². The molecule has 2 nitrogen and oxygen atoms in total. The van der Waals surface area contributed by atoms with E-state index in [4.69, 9.17) is 10.5 Å². The van der Waals surface area contributed by atoms with Gasteiger partial charge < -0.3 is 0 Å². The lowest BCUT2D eigenvalue weighted by atomic mass is 10.0. The number of rotatable bonds is 1. The Balaban J connectivity index is 3.37. The van der Waals surface area contributed by atoms with Crippen LogP contribution in [0, 0.1) is 22.7 Å². The van der Waals surface area contributed by atoms with E-state index in [1.54, 1.807) is 12.1 Å². The first-order chi connectivity index (χ1) is 5.83.